The Morgan fingerprint density at radius 1 is 1.42 bits per heavy atom. The van der Waals surface area contributed by atoms with Crippen molar-refractivity contribution in [2.24, 2.45) is 5.73 Å². The molecule has 0 radical (unpaired) electrons. The van der Waals surface area contributed by atoms with E-state index in [0.29, 0.717) is 5.57 Å². The molecule has 1 amide bonds. The van der Waals surface area contributed by atoms with E-state index in [9.17, 15) is 4.79 Å². The molecule has 0 aromatic carbocycles. The molecule has 0 heterocycles. The molecule has 0 fully saturated rings. The molecule has 0 saturated carbocycles. The minimum absolute atomic E-state index is 0.439. The van der Waals surface area contributed by atoms with Crippen LogP contribution in [0.25, 0.3) is 0 Å². The monoisotopic (exact) mass is 163 g/mol. The maximum atomic E-state index is 10.7. The summed E-state index contributed by atoms with van der Waals surface area (Å²) >= 11 is 0. The number of carbonyl (C=O) groups is 1. The van der Waals surface area contributed by atoms with Gasteiger partial charge in [0.25, 0.3) is 0 Å². The highest BCUT2D eigenvalue weighted by Gasteiger charge is 1.96. The van der Waals surface area contributed by atoms with Gasteiger partial charge in [0.05, 0.1) is 0 Å². The van der Waals surface area contributed by atoms with Crippen LogP contribution in [0.5, 0.6) is 0 Å². The molecule has 0 aliphatic rings. The molecule has 2 N–H and O–H groups in total. The fourth-order valence-corrected chi connectivity index (χ4v) is 0.591. The topological polar surface area (TPSA) is 43.1 Å². The van der Waals surface area contributed by atoms with Gasteiger partial charge in [-0.05, 0) is 19.1 Å². The first-order valence-corrected chi connectivity index (χ1v) is 3.64. The van der Waals surface area contributed by atoms with Crippen LogP contribution in [0.2, 0.25) is 0 Å². The fourth-order valence-electron chi connectivity index (χ4n) is 0.591. The van der Waals surface area contributed by atoms with Gasteiger partial charge in [-0.1, -0.05) is 30.9 Å². The number of primary amides is 1. The van der Waals surface area contributed by atoms with Crippen molar-refractivity contribution in [3.8, 4) is 0 Å². The predicted octanol–water partition coefficient (Wildman–Crippen LogP) is 1.72. The standard InChI is InChI=1S/C10H13NO/c1-3-5-7-9(10(11)12)8-6-4-2/h3-8H,1H2,2H3,(H2,11,12). The van der Waals surface area contributed by atoms with E-state index in [-0.39, 0.29) is 0 Å². The summed E-state index contributed by atoms with van der Waals surface area (Å²) in [6.45, 7) is 5.36. The van der Waals surface area contributed by atoms with Crippen molar-refractivity contribution >= 4 is 5.91 Å². The van der Waals surface area contributed by atoms with E-state index in [1.165, 1.54) is 0 Å². The van der Waals surface area contributed by atoms with Gasteiger partial charge in [-0.25, -0.2) is 0 Å². The summed E-state index contributed by atoms with van der Waals surface area (Å²) in [6, 6.07) is 0. The lowest BCUT2D eigenvalue weighted by atomic mass is 10.2. The predicted molar refractivity (Wildman–Crippen MR) is 51.4 cm³/mol. The SMILES string of the molecule is C=CC=CC(=CC=CC)C(N)=O. The van der Waals surface area contributed by atoms with Crippen LogP contribution in [0, 0.1) is 0 Å². The second-order valence-corrected chi connectivity index (χ2v) is 2.11. The summed E-state index contributed by atoms with van der Waals surface area (Å²) in [7, 11) is 0. The molecule has 0 aromatic rings. The Balaban J connectivity index is 4.54. The average molecular weight is 163 g/mol. The quantitative estimate of drug-likeness (QED) is 0.497. The van der Waals surface area contributed by atoms with E-state index in [1.807, 2.05) is 13.0 Å². The second-order valence-electron chi connectivity index (χ2n) is 2.11. The lowest BCUT2D eigenvalue weighted by Gasteiger charge is -1.91. The third-order valence-electron chi connectivity index (χ3n) is 1.16. The van der Waals surface area contributed by atoms with Crippen LogP contribution in [0.15, 0.2) is 48.6 Å². The normalized spacial score (nSPS) is 12.6. The number of carbonyl (C=O) groups excluding carboxylic acids is 1. The summed E-state index contributed by atoms with van der Waals surface area (Å²) in [5.41, 5.74) is 5.56. The average Bonchev–Trinajstić information content (AvgIpc) is 2.04. The molecule has 64 valence electrons. The lowest BCUT2D eigenvalue weighted by Crippen LogP contribution is -2.12. The number of nitrogens with two attached hydrogens (primary N) is 1. The molecule has 2 heteroatoms. The highest BCUT2D eigenvalue weighted by Crippen LogP contribution is 1.96. The van der Waals surface area contributed by atoms with Gasteiger partial charge < -0.3 is 5.73 Å². The maximum Gasteiger partial charge on any atom is 0.248 e. The van der Waals surface area contributed by atoms with Gasteiger partial charge in [0.1, 0.15) is 0 Å². The first-order chi connectivity index (χ1) is 5.72. The molecule has 0 aromatic heterocycles. The van der Waals surface area contributed by atoms with Crippen LogP contribution in [-0.2, 0) is 4.79 Å². The van der Waals surface area contributed by atoms with Gasteiger partial charge in [-0.3, -0.25) is 4.79 Å². The van der Waals surface area contributed by atoms with Crippen molar-refractivity contribution in [3.63, 3.8) is 0 Å². The zero-order valence-electron chi connectivity index (χ0n) is 7.16. The van der Waals surface area contributed by atoms with E-state index in [0.717, 1.165) is 0 Å². The van der Waals surface area contributed by atoms with Crippen LogP contribution in [0.1, 0.15) is 6.92 Å². The van der Waals surface area contributed by atoms with E-state index in [4.69, 9.17) is 5.73 Å². The minimum Gasteiger partial charge on any atom is -0.366 e. The van der Waals surface area contributed by atoms with Gasteiger partial charge in [0, 0.05) is 5.57 Å². The largest absolute Gasteiger partial charge is 0.366 e. The van der Waals surface area contributed by atoms with Crippen molar-refractivity contribution in [2.75, 3.05) is 0 Å². The molecule has 0 saturated heterocycles. The fraction of sp³-hybridized carbons (Fsp3) is 0.100. The number of rotatable bonds is 4. The second kappa shape index (κ2) is 6.16. The molecule has 0 unspecified atom stereocenters. The Kier molecular flexibility index (Phi) is 5.35. The molecule has 0 bridgehead atoms. The van der Waals surface area contributed by atoms with Crippen LogP contribution in [0.4, 0.5) is 0 Å². The third-order valence-corrected chi connectivity index (χ3v) is 1.16. The van der Waals surface area contributed by atoms with Crippen LogP contribution in [0.3, 0.4) is 0 Å². The van der Waals surface area contributed by atoms with Crippen molar-refractivity contribution < 1.29 is 4.79 Å². The van der Waals surface area contributed by atoms with Gasteiger partial charge in [-0.15, -0.1) is 0 Å². The smallest absolute Gasteiger partial charge is 0.248 e. The molecular formula is C10H13NO. The molecule has 0 spiro atoms. The van der Waals surface area contributed by atoms with E-state index in [1.54, 1.807) is 30.4 Å². The highest BCUT2D eigenvalue weighted by atomic mass is 16.1. The van der Waals surface area contributed by atoms with Crippen molar-refractivity contribution in [1.82, 2.24) is 0 Å². The van der Waals surface area contributed by atoms with Gasteiger partial charge >= 0.3 is 0 Å². The third kappa shape index (κ3) is 4.28. The van der Waals surface area contributed by atoms with Crippen molar-refractivity contribution in [3.05, 3.63) is 48.6 Å². The Morgan fingerprint density at radius 3 is 2.50 bits per heavy atom. The summed E-state index contributed by atoms with van der Waals surface area (Å²) in [5.74, 6) is -0.439. The van der Waals surface area contributed by atoms with E-state index in [2.05, 4.69) is 6.58 Å². The minimum atomic E-state index is -0.439. The van der Waals surface area contributed by atoms with Gasteiger partial charge in [0.15, 0.2) is 0 Å². The Labute approximate surface area is 72.8 Å². The van der Waals surface area contributed by atoms with Crippen LogP contribution >= 0.6 is 0 Å². The van der Waals surface area contributed by atoms with Crippen molar-refractivity contribution in [1.29, 1.82) is 0 Å². The molecular weight excluding hydrogens is 150 g/mol. The van der Waals surface area contributed by atoms with Crippen LogP contribution in [-0.4, -0.2) is 5.91 Å². The zero-order chi connectivity index (χ0) is 9.40. The Bertz CT molecular complexity index is 247. The molecule has 0 aliphatic heterocycles. The van der Waals surface area contributed by atoms with Crippen molar-refractivity contribution in [2.45, 2.75) is 6.92 Å². The first kappa shape index (κ1) is 10.4. The number of hydrogen-bond donors (Lipinski definition) is 1. The first-order valence-electron chi connectivity index (χ1n) is 3.64. The summed E-state index contributed by atoms with van der Waals surface area (Å²) in [6.07, 6.45) is 10.1. The molecule has 12 heavy (non-hydrogen) atoms. The molecule has 2 nitrogen and oxygen atoms in total. The van der Waals surface area contributed by atoms with E-state index < -0.39 is 5.91 Å². The van der Waals surface area contributed by atoms with Crippen LogP contribution < -0.4 is 5.73 Å². The van der Waals surface area contributed by atoms with Gasteiger partial charge in [-0.2, -0.15) is 0 Å². The number of allylic oxidation sites excluding steroid dienone is 5. The molecule has 0 aliphatic carbocycles. The zero-order valence-corrected chi connectivity index (χ0v) is 7.16. The number of hydrogen-bond acceptors (Lipinski definition) is 1. The molecule has 0 rings (SSSR count). The van der Waals surface area contributed by atoms with E-state index >= 15 is 0 Å². The highest BCUT2D eigenvalue weighted by molar-refractivity contribution is 5.95. The maximum absolute atomic E-state index is 10.7. The summed E-state index contributed by atoms with van der Waals surface area (Å²) in [4.78, 5) is 10.7. The summed E-state index contributed by atoms with van der Waals surface area (Å²) in [5, 5.41) is 0. The Hall–Kier alpha value is -1.57. The molecule has 0 atom stereocenters. The Morgan fingerprint density at radius 2 is 2.08 bits per heavy atom. The lowest BCUT2D eigenvalue weighted by molar-refractivity contribution is -0.114. The summed E-state index contributed by atoms with van der Waals surface area (Å²) < 4.78 is 0. The number of amides is 1. The van der Waals surface area contributed by atoms with Gasteiger partial charge in [0.2, 0.25) is 5.91 Å².